The molecule has 2 heterocycles. The summed E-state index contributed by atoms with van der Waals surface area (Å²) in [5.41, 5.74) is 1.65. The van der Waals surface area contributed by atoms with Crippen LogP contribution in [0.4, 0.5) is 5.69 Å². The molecule has 30 heavy (non-hydrogen) atoms. The van der Waals surface area contributed by atoms with E-state index in [1.807, 2.05) is 30.3 Å². The molecule has 0 bridgehead atoms. The van der Waals surface area contributed by atoms with Crippen LogP contribution in [0.3, 0.4) is 0 Å². The molecular weight excluding hydrogens is 382 g/mol. The minimum absolute atomic E-state index is 0.0409. The Balaban J connectivity index is 1.41. The van der Waals surface area contributed by atoms with Crippen LogP contribution >= 0.6 is 0 Å². The van der Waals surface area contributed by atoms with Gasteiger partial charge in [-0.05, 0) is 52.2 Å². The molecule has 4 rings (SSSR count). The van der Waals surface area contributed by atoms with E-state index in [4.69, 9.17) is 18.9 Å². The minimum Gasteiger partial charge on any atom is -0.458 e. The van der Waals surface area contributed by atoms with Gasteiger partial charge in [-0.15, -0.1) is 0 Å². The first-order valence-corrected chi connectivity index (χ1v) is 10.8. The number of allylic oxidation sites excluding steroid dienone is 1. The van der Waals surface area contributed by atoms with Crippen molar-refractivity contribution in [2.45, 2.75) is 69.5 Å². The molecule has 2 saturated heterocycles. The minimum atomic E-state index is -0.323. The van der Waals surface area contributed by atoms with Crippen LogP contribution in [0, 0.1) is 5.92 Å². The van der Waals surface area contributed by atoms with Gasteiger partial charge in [0, 0.05) is 12.8 Å². The van der Waals surface area contributed by atoms with Crippen molar-refractivity contribution in [1.82, 2.24) is 0 Å². The lowest BCUT2D eigenvalue weighted by atomic mass is 9.68. The molecule has 0 amide bonds. The maximum Gasteiger partial charge on any atom is 0.325 e. The molecule has 0 unspecified atom stereocenters. The highest BCUT2D eigenvalue weighted by atomic mass is 16.6. The van der Waals surface area contributed by atoms with Crippen LogP contribution < -0.4 is 5.32 Å². The number of hydrogen-bond acceptors (Lipinski definition) is 6. The first-order chi connectivity index (χ1) is 14.4. The van der Waals surface area contributed by atoms with Gasteiger partial charge in [-0.25, -0.2) is 0 Å². The Kier molecular flexibility index (Phi) is 5.93. The van der Waals surface area contributed by atoms with Gasteiger partial charge in [0.1, 0.15) is 30.0 Å². The summed E-state index contributed by atoms with van der Waals surface area (Å²) in [5, 5.41) is 3.11. The normalized spacial score (nSPS) is 36.8. The van der Waals surface area contributed by atoms with Gasteiger partial charge in [0.05, 0.1) is 18.6 Å². The number of rotatable bonds is 8. The fourth-order valence-electron chi connectivity index (χ4n) is 5.01. The average Bonchev–Trinajstić information content (AvgIpc) is 3.64. The molecular formula is C24H33NO5. The lowest BCUT2D eigenvalue weighted by Gasteiger charge is -2.42. The van der Waals surface area contributed by atoms with Crippen LogP contribution in [0.2, 0.25) is 0 Å². The predicted octanol–water partition coefficient (Wildman–Crippen LogP) is 3.72. The Bertz CT molecular complexity index is 786. The van der Waals surface area contributed by atoms with Crippen LogP contribution in [0.25, 0.3) is 0 Å². The van der Waals surface area contributed by atoms with Gasteiger partial charge < -0.3 is 24.3 Å². The summed E-state index contributed by atoms with van der Waals surface area (Å²) in [4.78, 5) is 12.5. The molecule has 0 radical (unpaired) electrons. The van der Waals surface area contributed by atoms with Gasteiger partial charge in [0.25, 0.3) is 0 Å². The molecule has 3 aliphatic rings. The van der Waals surface area contributed by atoms with Crippen molar-refractivity contribution < 1.29 is 23.7 Å². The number of methoxy groups -OCH3 is 1. The van der Waals surface area contributed by atoms with Gasteiger partial charge in [-0.2, -0.15) is 0 Å². The molecule has 1 aromatic carbocycles. The molecule has 164 valence electrons. The highest BCUT2D eigenvalue weighted by Gasteiger charge is 2.72. The number of hydrogen-bond donors (Lipinski definition) is 1. The van der Waals surface area contributed by atoms with E-state index in [0.717, 1.165) is 31.6 Å². The van der Waals surface area contributed by atoms with E-state index in [0.29, 0.717) is 0 Å². The zero-order valence-corrected chi connectivity index (χ0v) is 18.4. The lowest BCUT2D eigenvalue weighted by Crippen LogP contribution is -2.55. The zero-order chi connectivity index (χ0) is 21.4. The Hall–Kier alpha value is -1.89. The smallest absolute Gasteiger partial charge is 0.325 e. The number of carbonyl (C=O) groups excluding carboxylic acids is 1. The summed E-state index contributed by atoms with van der Waals surface area (Å²) in [6.07, 6.45) is 4.29. The van der Waals surface area contributed by atoms with Crippen molar-refractivity contribution in [3.63, 3.8) is 0 Å². The van der Waals surface area contributed by atoms with Crippen LogP contribution in [0.15, 0.2) is 42.0 Å². The summed E-state index contributed by atoms with van der Waals surface area (Å²) in [6, 6.07) is 9.65. The maximum atomic E-state index is 12.5. The molecule has 1 aromatic rings. The summed E-state index contributed by atoms with van der Waals surface area (Å²) >= 11 is 0. The van der Waals surface area contributed by atoms with E-state index in [1.165, 1.54) is 5.57 Å². The first kappa shape index (κ1) is 21.3. The fourth-order valence-corrected chi connectivity index (χ4v) is 5.01. The number of nitrogens with one attached hydrogen (secondary N) is 1. The zero-order valence-electron chi connectivity index (χ0n) is 18.4. The summed E-state index contributed by atoms with van der Waals surface area (Å²) in [6.45, 7) is 7.20. The summed E-state index contributed by atoms with van der Waals surface area (Å²) in [7, 11) is 1.69. The first-order valence-electron chi connectivity index (χ1n) is 10.8. The van der Waals surface area contributed by atoms with Crippen molar-refractivity contribution in [3.05, 3.63) is 42.0 Å². The molecule has 1 spiro atoms. The molecule has 1 N–H and O–H groups in total. The summed E-state index contributed by atoms with van der Waals surface area (Å²) < 4.78 is 24.0. The average molecular weight is 416 g/mol. The number of benzene rings is 1. The van der Waals surface area contributed by atoms with Crippen LogP contribution in [0.5, 0.6) is 0 Å². The molecule has 2 aliphatic heterocycles. The van der Waals surface area contributed by atoms with Crippen molar-refractivity contribution in [3.8, 4) is 0 Å². The Morgan fingerprint density at radius 2 is 2.03 bits per heavy atom. The number of carbonyl (C=O) groups is 1. The molecule has 6 nitrogen and oxygen atoms in total. The third-order valence-corrected chi connectivity index (χ3v) is 6.73. The third-order valence-electron chi connectivity index (χ3n) is 6.73. The monoisotopic (exact) mass is 415 g/mol. The number of epoxide rings is 2. The van der Waals surface area contributed by atoms with Crippen molar-refractivity contribution >= 4 is 11.7 Å². The fraction of sp³-hybridized carbons (Fsp3) is 0.625. The van der Waals surface area contributed by atoms with Crippen LogP contribution in [-0.2, 0) is 23.7 Å². The Morgan fingerprint density at radius 3 is 2.67 bits per heavy atom. The standard InChI is InChI=1S/C24H33NO5/c1-16(2)10-11-19-23(3,30-19)22-21(27-4)18(12-13-24(22)15-28-24)29-20(26)14-25-17-8-6-5-7-9-17/h5-10,18-19,21-22,25H,11-15H2,1-4H3/t18-,19-,21-,22-,23+,24+/m1/s1. The molecule has 3 fully saturated rings. The second-order valence-corrected chi connectivity index (χ2v) is 9.13. The van der Waals surface area contributed by atoms with Crippen LogP contribution in [-0.4, -0.2) is 55.7 Å². The molecule has 1 aliphatic carbocycles. The van der Waals surface area contributed by atoms with E-state index in [1.54, 1.807) is 7.11 Å². The number of para-hydroxylation sites is 1. The predicted molar refractivity (Wildman–Crippen MR) is 114 cm³/mol. The van der Waals surface area contributed by atoms with Gasteiger partial charge in [0.15, 0.2) is 0 Å². The van der Waals surface area contributed by atoms with E-state index < -0.39 is 0 Å². The number of anilines is 1. The quantitative estimate of drug-likeness (QED) is 0.396. The van der Waals surface area contributed by atoms with Crippen molar-refractivity contribution in [1.29, 1.82) is 0 Å². The van der Waals surface area contributed by atoms with E-state index in [2.05, 4.69) is 32.2 Å². The van der Waals surface area contributed by atoms with Crippen molar-refractivity contribution in [2.75, 3.05) is 25.6 Å². The van der Waals surface area contributed by atoms with Gasteiger partial charge >= 0.3 is 5.97 Å². The Morgan fingerprint density at radius 1 is 1.30 bits per heavy atom. The lowest BCUT2D eigenvalue weighted by molar-refractivity contribution is -0.170. The van der Waals surface area contributed by atoms with E-state index in [9.17, 15) is 4.79 Å². The summed E-state index contributed by atoms with van der Waals surface area (Å²) in [5.74, 6) is -0.237. The molecule has 6 heteroatoms. The van der Waals surface area contributed by atoms with Crippen LogP contribution in [0.1, 0.15) is 40.0 Å². The number of ether oxygens (including phenoxy) is 4. The molecule has 1 saturated carbocycles. The van der Waals surface area contributed by atoms with Crippen molar-refractivity contribution in [2.24, 2.45) is 5.92 Å². The number of esters is 1. The molecule has 0 aromatic heterocycles. The highest BCUT2D eigenvalue weighted by Crippen LogP contribution is 2.59. The van der Waals surface area contributed by atoms with Gasteiger partial charge in [0.2, 0.25) is 0 Å². The second kappa shape index (κ2) is 8.33. The third kappa shape index (κ3) is 4.27. The van der Waals surface area contributed by atoms with E-state index >= 15 is 0 Å². The molecule has 6 atom stereocenters. The maximum absolute atomic E-state index is 12.5. The van der Waals surface area contributed by atoms with E-state index in [-0.39, 0.29) is 47.9 Å². The second-order valence-electron chi connectivity index (χ2n) is 9.13. The van der Waals surface area contributed by atoms with Gasteiger partial charge in [-0.3, -0.25) is 4.79 Å². The topological polar surface area (TPSA) is 72.6 Å². The SMILES string of the molecule is CO[C@@H]1[C@H](OC(=O)CNc2ccccc2)CC[C@]2(CO2)[C@H]1[C@@]1(C)O[C@@H]1CC=C(C)C. The Labute approximate surface area is 178 Å². The highest BCUT2D eigenvalue weighted by molar-refractivity contribution is 5.75. The largest absolute Gasteiger partial charge is 0.458 e. The van der Waals surface area contributed by atoms with Gasteiger partial charge in [-0.1, -0.05) is 29.8 Å².